The standard InChI is InChI=1S/C18H19NO4/c1-3-11-6-4-5-7-12(11)19-10-18-9-8-13(23-18)14(17(21)22-2)15(18)16(19)20/h4-9,13-15H,3,10H2,1-2H3/t13-,14-,15-,18-/m1/s1. The monoisotopic (exact) mass is 313 g/mol. The van der Waals surface area contributed by atoms with Crippen molar-refractivity contribution in [2.24, 2.45) is 11.8 Å². The van der Waals surface area contributed by atoms with Gasteiger partial charge in [0.25, 0.3) is 0 Å². The predicted molar refractivity (Wildman–Crippen MR) is 83.9 cm³/mol. The van der Waals surface area contributed by atoms with Crippen molar-refractivity contribution in [3.8, 4) is 0 Å². The molecule has 1 aromatic rings. The highest BCUT2D eigenvalue weighted by atomic mass is 16.5. The molecule has 4 atom stereocenters. The van der Waals surface area contributed by atoms with Gasteiger partial charge in [-0.05, 0) is 18.1 Å². The lowest BCUT2D eigenvalue weighted by Gasteiger charge is -2.23. The average molecular weight is 313 g/mol. The molecule has 1 spiro atoms. The fourth-order valence-corrected chi connectivity index (χ4v) is 4.18. The maximum atomic E-state index is 13.1. The van der Waals surface area contributed by atoms with Crippen LogP contribution in [-0.2, 0) is 25.5 Å². The van der Waals surface area contributed by atoms with E-state index in [9.17, 15) is 9.59 Å². The summed E-state index contributed by atoms with van der Waals surface area (Å²) in [6, 6.07) is 7.89. The summed E-state index contributed by atoms with van der Waals surface area (Å²) in [5.41, 5.74) is 1.33. The molecule has 0 N–H and O–H groups in total. The first-order chi connectivity index (χ1) is 11.1. The van der Waals surface area contributed by atoms with Crippen LogP contribution >= 0.6 is 0 Å². The van der Waals surface area contributed by atoms with Crippen LogP contribution in [0.5, 0.6) is 0 Å². The van der Waals surface area contributed by atoms with E-state index in [1.54, 1.807) is 4.90 Å². The Morgan fingerprint density at radius 2 is 2.22 bits per heavy atom. The molecule has 0 unspecified atom stereocenters. The number of benzene rings is 1. The number of esters is 1. The molecule has 120 valence electrons. The van der Waals surface area contributed by atoms with Gasteiger partial charge in [0.1, 0.15) is 11.5 Å². The van der Waals surface area contributed by atoms with Crippen molar-refractivity contribution in [3.63, 3.8) is 0 Å². The highest BCUT2D eigenvalue weighted by Crippen LogP contribution is 2.53. The molecule has 3 aliphatic rings. The number of nitrogens with zero attached hydrogens (tertiary/aromatic N) is 1. The van der Waals surface area contributed by atoms with E-state index < -0.39 is 17.4 Å². The number of amides is 1. The minimum absolute atomic E-state index is 0.0480. The van der Waals surface area contributed by atoms with Crippen molar-refractivity contribution in [2.45, 2.75) is 25.0 Å². The lowest BCUT2D eigenvalue weighted by atomic mass is 9.77. The van der Waals surface area contributed by atoms with Crippen LogP contribution in [0.2, 0.25) is 0 Å². The second-order valence-corrected chi connectivity index (χ2v) is 6.33. The molecule has 23 heavy (non-hydrogen) atoms. The number of aryl methyl sites for hydroxylation is 1. The van der Waals surface area contributed by atoms with Crippen LogP contribution in [0, 0.1) is 11.8 Å². The first-order valence-corrected chi connectivity index (χ1v) is 7.95. The van der Waals surface area contributed by atoms with Crippen LogP contribution in [0.3, 0.4) is 0 Å². The van der Waals surface area contributed by atoms with E-state index >= 15 is 0 Å². The second kappa shape index (κ2) is 4.93. The molecular weight excluding hydrogens is 294 g/mol. The minimum Gasteiger partial charge on any atom is -0.469 e. The second-order valence-electron chi connectivity index (χ2n) is 6.33. The summed E-state index contributed by atoms with van der Waals surface area (Å²) in [6.45, 7) is 2.52. The Hall–Kier alpha value is -2.14. The van der Waals surface area contributed by atoms with E-state index in [0.29, 0.717) is 6.54 Å². The predicted octanol–water partition coefficient (Wildman–Crippen LogP) is 1.71. The van der Waals surface area contributed by atoms with Gasteiger partial charge >= 0.3 is 5.97 Å². The van der Waals surface area contributed by atoms with Gasteiger partial charge in [0.15, 0.2) is 0 Å². The van der Waals surface area contributed by atoms with Crippen LogP contribution in [0.15, 0.2) is 36.4 Å². The molecule has 0 aliphatic carbocycles. The molecule has 0 aromatic heterocycles. The van der Waals surface area contributed by atoms with Crippen molar-refractivity contribution < 1.29 is 19.1 Å². The Morgan fingerprint density at radius 1 is 1.43 bits per heavy atom. The van der Waals surface area contributed by atoms with E-state index in [1.807, 2.05) is 36.4 Å². The summed E-state index contributed by atoms with van der Waals surface area (Å²) in [5.74, 6) is -1.45. The molecule has 3 aliphatic heterocycles. The van der Waals surface area contributed by atoms with Gasteiger partial charge in [-0.15, -0.1) is 0 Å². The van der Waals surface area contributed by atoms with E-state index in [-0.39, 0.29) is 18.0 Å². The Kier molecular flexibility index (Phi) is 3.10. The molecule has 2 saturated heterocycles. The number of ether oxygens (including phenoxy) is 2. The quantitative estimate of drug-likeness (QED) is 0.630. The molecule has 1 amide bonds. The molecule has 3 heterocycles. The number of methoxy groups -OCH3 is 1. The van der Waals surface area contributed by atoms with E-state index in [0.717, 1.165) is 17.7 Å². The zero-order valence-electron chi connectivity index (χ0n) is 13.2. The maximum absolute atomic E-state index is 13.1. The normalized spacial score (nSPS) is 34.1. The largest absolute Gasteiger partial charge is 0.469 e. The van der Waals surface area contributed by atoms with E-state index in [2.05, 4.69) is 6.92 Å². The Labute approximate surface area is 134 Å². The highest BCUT2D eigenvalue weighted by molar-refractivity contribution is 6.03. The Bertz CT molecular complexity index is 713. The van der Waals surface area contributed by atoms with Gasteiger partial charge in [-0.3, -0.25) is 9.59 Å². The number of anilines is 1. The van der Waals surface area contributed by atoms with Gasteiger partial charge in [-0.25, -0.2) is 0 Å². The van der Waals surface area contributed by atoms with Crippen molar-refractivity contribution in [1.82, 2.24) is 0 Å². The number of hydrogen-bond acceptors (Lipinski definition) is 4. The van der Waals surface area contributed by atoms with Gasteiger partial charge in [0.05, 0.1) is 25.7 Å². The van der Waals surface area contributed by atoms with Gasteiger partial charge < -0.3 is 14.4 Å². The Morgan fingerprint density at radius 3 is 2.96 bits per heavy atom. The maximum Gasteiger partial charge on any atom is 0.312 e. The molecule has 2 fully saturated rings. The Balaban J connectivity index is 1.75. The average Bonchev–Trinajstić information content (AvgIpc) is 3.22. The summed E-state index contributed by atoms with van der Waals surface area (Å²) < 4.78 is 10.9. The first kappa shape index (κ1) is 14.5. The van der Waals surface area contributed by atoms with Crippen LogP contribution < -0.4 is 4.90 Å². The number of fused-ring (bicyclic) bond motifs is 1. The van der Waals surface area contributed by atoms with Crippen molar-refractivity contribution in [3.05, 3.63) is 42.0 Å². The zero-order valence-corrected chi connectivity index (χ0v) is 13.2. The van der Waals surface area contributed by atoms with Gasteiger partial charge in [-0.1, -0.05) is 37.3 Å². The molecule has 4 rings (SSSR count). The van der Waals surface area contributed by atoms with Gasteiger partial charge in [0.2, 0.25) is 5.91 Å². The van der Waals surface area contributed by atoms with Crippen molar-refractivity contribution >= 4 is 17.6 Å². The molecule has 0 saturated carbocycles. The first-order valence-electron chi connectivity index (χ1n) is 7.95. The summed E-state index contributed by atoms with van der Waals surface area (Å²) in [4.78, 5) is 27.0. The lowest BCUT2D eigenvalue weighted by Crippen LogP contribution is -2.39. The van der Waals surface area contributed by atoms with Gasteiger partial charge in [-0.2, -0.15) is 0 Å². The van der Waals surface area contributed by atoms with Crippen molar-refractivity contribution in [1.29, 1.82) is 0 Å². The number of carbonyl (C=O) groups excluding carboxylic acids is 2. The van der Waals surface area contributed by atoms with Gasteiger partial charge in [0, 0.05) is 5.69 Å². The molecule has 2 bridgehead atoms. The van der Waals surface area contributed by atoms with Crippen LogP contribution in [0.1, 0.15) is 12.5 Å². The summed E-state index contributed by atoms with van der Waals surface area (Å²) in [7, 11) is 1.36. The third-order valence-electron chi connectivity index (χ3n) is 5.24. The third-order valence-corrected chi connectivity index (χ3v) is 5.24. The van der Waals surface area contributed by atoms with E-state index in [4.69, 9.17) is 9.47 Å². The number of para-hydroxylation sites is 1. The van der Waals surface area contributed by atoms with Crippen molar-refractivity contribution in [2.75, 3.05) is 18.6 Å². The lowest BCUT2D eigenvalue weighted by molar-refractivity contribution is -0.149. The molecule has 5 heteroatoms. The minimum atomic E-state index is -0.693. The zero-order chi connectivity index (χ0) is 16.2. The third kappa shape index (κ3) is 1.83. The topological polar surface area (TPSA) is 55.8 Å². The van der Waals surface area contributed by atoms with Crippen LogP contribution in [0.25, 0.3) is 0 Å². The molecule has 5 nitrogen and oxygen atoms in total. The van der Waals surface area contributed by atoms with Crippen LogP contribution in [0.4, 0.5) is 5.69 Å². The fraction of sp³-hybridized carbons (Fsp3) is 0.444. The molecule has 0 radical (unpaired) electrons. The molecular formula is C18H19NO4. The number of rotatable bonds is 3. The van der Waals surface area contributed by atoms with E-state index in [1.165, 1.54) is 7.11 Å². The number of carbonyl (C=O) groups is 2. The van der Waals surface area contributed by atoms with Crippen LogP contribution in [-0.4, -0.2) is 37.2 Å². The number of hydrogen-bond donors (Lipinski definition) is 0. The molecule has 1 aromatic carbocycles. The SMILES string of the molecule is CCc1ccccc1N1C[C@@]23C=C[C@@H](O2)[C@@H](C(=O)OC)[C@@H]3C1=O. The highest BCUT2D eigenvalue weighted by Gasteiger charge is 2.67. The summed E-state index contributed by atoms with van der Waals surface area (Å²) in [6.07, 6.45) is 4.34. The summed E-state index contributed by atoms with van der Waals surface area (Å²) >= 11 is 0. The smallest absolute Gasteiger partial charge is 0.312 e. The summed E-state index contributed by atoms with van der Waals surface area (Å²) in [5, 5.41) is 0. The fourth-order valence-electron chi connectivity index (χ4n) is 4.18.